The van der Waals surface area contributed by atoms with E-state index < -0.39 is 0 Å². The van der Waals surface area contributed by atoms with Crippen LogP contribution in [0.15, 0.2) is 41.9 Å². The number of aromatic nitrogens is 3. The van der Waals surface area contributed by atoms with Gasteiger partial charge in [-0.2, -0.15) is 16.9 Å². The minimum atomic E-state index is 0.329. The Morgan fingerprint density at radius 3 is 2.96 bits per heavy atom. The van der Waals surface area contributed by atoms with Crippen molar-refractivity contribution in [2.45, 2.75) is 37.6 Å². The van der Waals surface area contributed by atoms with Gasteiger partial charge >= 0.3 is 0 Å². The predicted molar refractivity (Wildman–Crippen MR) is 104 cm³/mol. The van der Waals surface area contributed by atoms with Gasteiger partial charge in [-0.3, -0.25) is 4.99 Å². The number of hydrogen-bond acceptors (Lipinski definition) is 4. The molecule has 6 nitrogen and oxygen atoms in total. The summed E-state index contributed by atoms with van der Waals surface area (Å²) in [5.74, 6) is 2.12. The number of hydrogen-bond donors (Lipinski definition) is 2. The Bertz CT molecular complexity index is 691. The summed E-state index contributed by atoms with van der Waals surface area (Å²) in [6, 6.07) is 8.50. The first-order chi connectivity index (χ1) is 12.2. The van der Waals surface area contributed by atoms with E-state index >= 15 is 0 Å². The second-order valence-corrected chi connectivity index (χ2v) is 8.28. The van der Waals surface area contributed by atoms with E-state index in [0.29, 0.717) is 4.75 Å². The molecule has 1 saturated heterocycles. The Balaban J connectivity index is 1.51. The van der Waals surface area contributed by atoms with Crippen LogP contribution in [0, 0.1) is 0 Å². The maximum atomic E-state index is 4.34. The van der Waals surface area contributed by atoms with Crippen LogP contribution in [0.25, 0.3) is 0 Å². The van der Waals surface area contributed by atoms with Crippen molar-refractivity contribution < 1.29 is 0 Å². The van der Waals surface area contributed by atoms with Crippen molar-refractivity contribution in [3.8, 4) is 0 Å². The first-order valence-electron chi connectivity index (χ1n) is 8.66. The Morgan fingerprint density at radius 2 is 2.24 bits per heavy atom. The molecule has 3 rings (SSSR count). The Labute approximate surface area is 153 Å². The predicted octanol–water partition coefficient (Wildman–Crippen LogP) is 2.28. The molecular weight excluding hydrogens is 332 g/mol. The quantitative estimate of drug-likeness (QED) is 0.612. The van der Waals surface area contributed by atoms with Gasteiger partial charge in [0, 0.05) is 24.9 Å². The van der Waals surface area contributed by atoms with Gasteiger partial charge in [0.15, 0.2) is 5.96 Å². The summed E-state index contributed by atoms with van der Waals surface area (Å²) < 4.78 is 2.16. The number of thioether (sulfide) groups is 1. The van der Waals surface area contributed by atoms with E-state index in [1.807, 2.05) is 11.7 Å². The van der Waals surface area contributed by atoms with Crippen molar-refractivity contribution in [3.05, 3.63) is 48.0 Å². The number of guanidine groups is 1. The largest absolute Gasteiger partial charge is 0.355 e. The third-order valence-electron chi connectivity index (χ3n) is 4.42. The Kier molecular flexibility index (Phi) is 5.96. The third kappa shape index (κ3) is 5.22. The van der Waals surface area contributed by atoms with Crippen molar-refractivity contribution in [3.63, 3.8) is 0 Å². The zero-order valence-electron chi connectivity index (χ0n) is 14.9. The molecule has 2 heterocycles. The SMILES string of the molecule is CN=C(NCc1cccc(Cn2cncn2)c1)NCC1(C)CCCS1. The average molecular weight is 359 g/mol. The van der Waals surface area contributed by atoms with Gasteiger partial charge < -0.3 is 10.6 Å². The van der Waals surface area contributed by atoms with Crippen LogP contribution in [0.5, 0.6) is 0 Å². The van der Waals surface area contributed by atoms with Gasteiger partial charge in [0.05, 0.1) is 6.54 Å². The molecule has 7 heteroatoms. The monoisotopic (exact) mass is 358 g/mol. The van der Waals surface area contributed by atoms with Crippen LogP contribution in [-0.4, -0.2) is 44.8 Å². The van der Waals surface area contributed by atoms with Crippen LogP contribution < -0.4 is 10.6 Å². The maximum Gasteiger partial charge on any atom is 0.191 e. The lowest BCUT2D eigenvalue weighted by Crippen LogP contribution is -2.43. The third-order valence-corrected chi connectivity index (χ3v) is 5.95. The molecule has 1 atom stereocenters. The average Bonchev–Trinajstić information content (AvgIpc) is 3.28. The lowest BCUT2D eigenvalue weighted by molar-refractivity contribution is 0.584. The zero-order valence-corrected chi connectivity index (χ0v) is 15.7. The molecule has 134 valence electrons. The molecule has 1 unspecified atom stereocenters. The summed E-state index contributed by atoms with van der Waals surface area (Å²) in [5.41, 5.74) is 2.43. The van der Waals surface area contributed by atoms with Crippen LogP contribution in [-0.2, 0) is 13.1 Å². The van der Waals surface area contributed by atoms with Crippen molar-refractivity contribution in [2.75, 3.05) is 19.3 Å². The van der Waals surface area contributed by atoms with Gasteiger partial charge in [-0.1, -0.05) is 24.3 Å². The Morgan fingerprint density at radius 1 is 1.36 bits per heavy atom. The fraction of sp³-hybridized carbons (Fsp3) is 0.500. The highest BCUT2D eigenvalue weighted by Crippen LogP contribution is 2.36. The first kappa shape index (κ1) is 17.8. The molecule has 2 aromatic rings. The fourth-order valence-corrected chi connectivity index (χ4v) is 4.24. The highest BCUT2D eigenvalue weighted by atomic mass is 32.2. The Hall–Kier alpha value is -2.02. The molecule has 0 saturated carbocycles. The van der Waals surface area contributed by atoms with E-state index in [4.69, 9.17) is 0 Å². The molecule has 25 heavy (non-hydrogen) atoms. The van der Waals surface area contributed by atoms with Crippen molar-refractivity contribution in [2.24, 2.45) is 4.99 Å². The summed E-state index contributed by atoms with van der Waals surface area (Å²) in [4.78, 5) is 8.33. The van der Waals surface area contributed by atoms with E-state index in [1.54, 1.807) is 12.7 Å². The highest BCUT2D eigenvalue weighted by Gasteiger charge is 2.29. The molecule has 1 aromatic carbocycles. The number of aliphatic imine (C=N–C) groups is 1. The van der Waals surface area contributed by atoms with E-state index in [-0.39, 0.29) is 0 Å². The fourth-order valence-electron chi connectivity index (χ4n) is 2.99. The zero-order chi connectivity index (χ0) is 17.5. The van der Waals surface area contributed by atoms with E-state index in [2.05, 4.69) is 68.7 Å². The molecule has 1 aliphatic rings. The van der Waals surface area contributed by atoms with Gasteiger partial charge in [0.1, 0.15) is 12.7 Å². The van der Waals surface area contributed by atoms with Crippen LogP contribution in [0.4, 0.5) is 0 Å². The van der Waals surface area contributed by atoms with Gasteiger partial charge in [0.25, 0.3) is 0 Å². The first-order valence-corrected chi connectivity index (χ1v) is 9.64. The summed E-state index contributed by atoms with van der Waals surface area (Å²) in [6.45, 7) is 4.76. The minimum absolute atomic E-state index is 0.329. The lowest BCUT2D eigenvalue weighted by Gasteiger charge is -2.24. The lowest BCUT2D eigenvalue weighted by atomic mass is 10.1. The summed E-state index contributed by atoms with van der Waals surface area (Å²) in [5, 5.41) is 11.0. The van der Waals surface area contributed by atoms with Crippen molar-refractivity contribution in [1.29, 1.82) is 0 Å². The molecule has 0 amide bonds. The molecule has 0 radical (unpaired) electrons. The number of rotatable bonds is 6. The summed E-state index contributed by atoms with van der Waals surface area (Å²) >= 11 is 2.06. The second-order valence-electron chi connectivity index (χ2n) is 6.59. The maximum absolute atomic E-state index is 4.34. The summed E-state index contributed by atoms with van der Waals surface area (Å²) in [7, 11) is 1.82. The van der Waals surface area contributed by atoms with E-state index in [0.717, 1.165) is 25.6 Å². The molecule has 0 spiro atoms. The van der Waals surface area contributed by atoms with Crippen LogP contribution >= 0.6 is 11.8 Å². The molecule has 1 aliphatic heterocycles. The van der Waals surface area contributed by atoms with Gasteiger partial charge in [-0.05, 0) is 36.6 Å². The van der Waals surface area contributed by atoms with E-state index in [1.165, 1.54) is 29.7 Å². The van der Waals surface area contributed by atoms with Crippen molar-refractivity contribution >= 4 is 17.7 Å². The molecule has 2 N–H and O–H groups in total. The molecule has 1 aromatic heterocycles. The van der Waals surface area contributed by atoms with Crippen LogP contribution in [0.2, 0.25) is 0 Å². The number of nitrogens with zero attached hydrogens (tertiary/aromatic N) is 4. The van der Waals surface area contributed by atoms with Gasteiger partial charge in [0.2, 0.25) is 0 Å². The topological polar surface area (TPSA) is 67.1 Å². The summed E-state index contributed by atoms with van der Waals surface area (Å²) in [6.07, 6.45) is 5.88. The molecule has 1 fully saturated rings. The van der Waals surface area contributed by atoms with Gasteiger partial charge in [-0.15, -0.1) is 0 Å². The second kappa shape index (κ2) is 8.38. The van der Waals surface area contributed by atoms with Crippen LogP contribution in [0.3, 0.4) is 0 Å². The molecule has 0 bridgehead atoms. The number of nitrogens with one attached hydrogen (secondary N) is 2. The minimum Gasteiger partial charge on any atom is -0.355 e. The van der Waals surface area contributed by atoms with Crippen LogP contribution in [0.1, 0.15) is 30.9 Å². The normalized spacial score (nSPS) is 20.6. The smallest absolute Gasteiger partial charge is 0.191 e. The standard InChI is InChI=1S/C18H26N6S/c1-18(7-4-8-25-18)12-22-17(19-2)21-10-15-5-3-6-16(9-15)11-24-14-20-13-23-24/h3,5-6,9,13-14H,4,7-8,10-12H2,1-2H3,(H2,19,21,22). The highest BCUT2D eigenvalue weighted by molar-refractivity contribution is 8.00. The van der Waals surface area contributed by atoms with Crippen molar-refractivity contribution in [1.82, 2.24) is 25.4 Å². The molecule has 0 aliphatic carbocycles. The van der Waals surface area contributed by atoms with Gasteiger partial charge in [-0.25, -0.2) is 9.67 Å². The number of benzene rings is 1. The molecular formula is C18H26N6S. The van der Waals surface area contributed by atoms with E-state index in [9.17, 15) is 0 Å².